The first-order valence-corrected chi connectivity index (χ1v) is 8.70. The molecule has 0 atom stereocenters. The van der Waals surface area contributed by atoms with Crippen molar-refractivity contribution in [3.63, 3.8) is 0 Å². The highest BCUT2D eigenvalue weighted by Gasteiger charge is 2.29. The number of halogens is 1. The van der Waals surface area contributed by atoms with Crippen molar-refractivity contribution in [2.24, 2.45) is 0 Å². The third-order valence-electron chi connectivity index (χ3n) is 3.76. The van der Waals surface area contributed by atoms with Crippen molar-refractivity contribution < 1.29 is 18.3 Å². The van der Waals surface area contributed by atoms with E-state index in [0.717, 1.165) is 25.7 Å². The van der Waals surface area contributed by atoms with Gasteiger partial charge >= 0.3 is 5.97 Å². The van der Waals surface area contributed by atoms with Gasteiger partial charge in [-0.3, -0.25) is 0 Å². The summed E-state index contributed by atoms with van der Waals surface area (Å²) in [4.78, 5) is 11.3. The van der Waals surface area contributed by atoms with Gasteiger partial charge in [0.1, 0.15) is 0 Å². The lowest BCUT2D eigenvalue weighted by Crippen LogP contribution is -2.32. The standard InChI is InChI=1S/C14H18ClNO4S/c1-10-12(7-6-11(15)13(10)14(17)18)21(19,20)16-8-4-2-3-5-9-16/h6-7H,2-5,8-9H2,1H3,(H,17,18). The van der Waals surface area contributed by atoms with Crippen molar-refractivity contribution >= 4 is 27.6 Å². The first-order chi connectivity index (χ1) is 9.85. The van der Waals surface area contributed by atoms with E-state index in [9.17, 15) is 18.3 Å². The highest BCUT2D eigenvalue weighted by Crippen LogP contribution is 2.29. The average molecular weight is 332 g/mol. The highest BCUT2D eigenvalue weighted by atomic mass is 35.5. The summed E-state index contributed by atoms with van der Waals surface area (Å²) in [6, 6.07) is 2.73. The Labute approximate surface area is 129 Å². The molecule has 2 rings (SSSR count). The van der Waals surface area contributed by atoms with Gasteiger partial charge in [-0.15, -0.1) is 0 Å². The summed E-state index contributed by atoms with van der Waals surface area (Å²) in [6.07, 6.45) is 3.70. The molecule has 1 aromatic carbocycles. The molecule has 0 aliphatic carbocycles. The van der Waals surface area contributed by atoms with Gasteiger partial charge in [-0.05, 0) is 37.5 Å². The Bertz CT molecular complexity index is 649. The Morgan fingerprint density at radius 2 is 1.76 bits per heavy atom. The quantitative estimate of drug-likeness (QED) is 0.924. The molecule has 1 saturated heterocycles. The van der Waals surface area contributed by atoms with Crippen molar-refractivity contribution in [3.05, 3.63) is 28.3 Å². The molecule has 0 bridgehead atoms. The number of carboxylic acids is 1. The molecule has 0 saturated carbocycles. The van der Waals surface area contributed by atoms with E-state index in [-0.39, 0.29) is 21.0 Å². The fourth-order valence-electron chi connectivity index (χ4n) is 2.62. The van der Waals surface area contributed by atoms with Crippen LogP contribution < -0.4 is 0 Å². The first kappa shape index (κ1) is 16.3. The Hall–Kier alpha value is -1.11. The van der Waals surface area contributed by atoms with Crippen molar-refractivity contribution in [2.75, 3.05) is 13.1 Å². The molecular weight excluding hydrogens is 314 g/mol. The van der Waals surface area contributed by atoms with Crippen LogP contribution in [0.5, 0.6) is 0 Å². The molecule has 1 aliphatic rings. The number of rotatable bonds is 3. The number of carbonyl (C=O) groups is 1. The molecule has 1 aromatic rings. The summed E-state index contributed by atoms with van der Waals surface area (Å²) < 4.78 is 26.9. The van der Waals surface area contributed by atoms with Crippen LogP contribution in [0, 0.1) is 6.92 Å². The maximum absolute atomic E-state index is 12.7. The predicted molar refractivity (Wildman–Crippen MR) is 80.4 cm³/mol. The highest BCUT2D eigenvalue weighted by molar-refractivity contribution is 7.89. The Balaban J connectivity index is 2.49. The molecule has 1 fully saturated rings. The SMILES string of the molecule is Cc1c(S(=O)(=O)N2CCCCCC2)ccc(Cl)c1C(=O)O. The number of carboxylic acid groups (broad SMARTS) is 1. The van der Waals surface area contributed by atoms with Gasteiger partial charge in [0.25, 0.3) is 0 Å². The molecule has 21 heavy (non-hydrogen) atoms. The van der Waals surface area contributed by atoms with Crippen molar-refractivity contribution in [2.45, 2.75) is 37.5 Å². The summed E-state index contributed by atoms with van der Waals surface area (Å²) in [6.45, 7) is 2.44. The molecule has 1 aliphatic heterocycles. The van der Waals surface area contributed by atoms with Gasteiger partial charge in [-0.1, -0.05) is 24.4 Å². The van der Waals surface area contributed by atoms with Crippen LogP contribution >= 0.6 is 11.6 Å². The van der Waals surface area contributed by atoms with Gasteiger partial charge < -0.3 is 5.11 Å². The summed E-state index contributed by atoms with van der Waals surface area (Å²) in [5, 5.41) is 9.25. The van der Waals surface area contributed by atoms with Crippen LogP contribution in [0.1, 0.15) is 41.6 Å². The molecule has 0 aromatic heterocycles. The fraction of sp³-hybridized carbons (Fsp3) is 0.500. The van der Waals surface area contributed by atoms with Gasteiger partial charge in [0.15, 0.2) is 0 Å². The number of hydrogen-bond donors (Lipinski definition) is 1. The number of aromatic carboxylic acids is 1. The maximum atomic E-state index is 12.7. The lowest BCUT2D eigenvalue weighted by atomic mass is 10.1. The topological polar surface area (TPSA) is 74.7 Å². The lowest BCUT2D eigenvalue weighted by molar-refractivity contribution is 0.0696. The van der Waals surface area contributed by atoms with E-state index in [2.05, 4.69) is 0 Å². The van der Waals surface area contributed by atoms with Crippen LogP contribution in [-0.2, 0) is 10.0 Å². The van der Waals surface area contributed by atoms with E-state index in [0.29, 0.717) is 13.1 Å². The third kappa shape index (κ3) is 3.22. The van der Waals surface area contributed by atoms with Crippen molar-refractivity contribution in [1.82, 2.24) is 4.31 Å². The van der Waals surface area contributed by atoms with Crippen LogP contribution in [-0.4, -0.2) is 36.9 Å². The number of sulfonamides is 1. The molecule has 7 heteroatoms. The zero-order valence-corrected chi connectivity index (χ0v) is 13.4. The molecule has 0 unspecified atom stereocenters. The Kier molecular flexibility index (Phi) is 4.91. The monoisotopic (exact) mass is 331 g/mol. The second-order valence-electron chi connectivity index (χ2n) is 5.17. The predicted octanol–water partition coefficient (Wildman–Crippen LogP) is 2.91. The molecule has 116 valence electrons. The lowest BCUT2D eigenvalue weighted by Gasteiger charge is -2.21. The zero-order valence-electron chi connectivity index (χ0n) is 11.8. The van der Waals surface area contributed by atoms with Crippen molar-refractivity contribution in [3.8, 4) is 0 Å². The number of nitrogens with zero attached hydrogens (tertiary/aromatic N) is 1. The summed E-state index contributed by atoms with van der Waals surface area (Å²) >= 11 is 5.87. The van der Waals surface area contributed by atoms with E-state index >= 15 is 0 Å². The Morgan fingerprint density at radius 1 is 1.19 bits per heavy atom. The van der Waals surface area contributed by atoms with Crippen LogP contribution in [0.4, 0.5) is 0 Å². The van der Waals surface area contributed by atoms with E-state index in [1.165, 1.54) is 23.4 Å². The zero-order chi connectivity index (χ0) is 15.6. The summed E-state index contributed by atoms with van der Waals surface area (Å²) in [5.74, 6) is -1.22. The van der Waals surface area contributed by atoms with E-state index < -0.39 is 16.0 Å². The van der Waals surface area contributed by atoms with Crippen LogP contribution in [0.2, 0.25) is 5.02 Å². The van der Waals surface area contributed by atoms with Crippen LogP contribution in [0.15, 0.2) is 17.0 Å². The smallest absolute Gasteiger partial charge is 0.337 e. The average Bonchev–Trinajstić information content (AvgIpc) is 2.67. The van der Waals surface area contributed by atoms with E-state index in [1.807, 2.05) is 0 Å². The van der Waals surface area contributed by atoms with Gasteiger partial charge in [-0.2, -0.15) is 4.31 Å². The molecular formula is C14H18ClNO4S. The third-order valence-corrected chi connectivity index (χ3v) is 6.12. The van der Waals surface area contributed by atoms with Crippen LogP contribution in [0.25, 0.3) is 0 Å². The fourth-order valence-corrected chi connectivity index (χ4v) is 4.65. The van der Waals surface area contributed by atoms with Gasteiger partial charge in [0.2, 0.25) is 10.0 Å². The molecule has 1 heterocycles. The minimum absolute atomic E-state index is 0.0335. The second-order valence-corrected chi connectivity index (χ2v) is 7.48. The minimum atomic E-state index is -3.68. The van der Waals surface area contributed by atoms with E-state index in [4.69, 9.17) is 11.6 Å². The van der Waals surface area contributed by atoms with Crippen molar-refractivity contribution in [1.29, 1.82) is 0 Å². The molecule has 0 radical (unpaired) electrons. The molecule has 0 amide bonds. The maximum Gasteiger partial charge on any atom is 0.337 e. The van der Waals surface area contributed by atoms with Gasteiger partial charge in [0, 0.05) is 13.1 Å². The second kappa shape index (κ2) is 6.34. The normalized spacial score (nSPS) is 17.4. The van der Waals surface area contributed by atoms with Gasteiger partial charge in [-0.25, -0.2) is 13.2 Å². The number of hydrogen-bond acceptors (Lipinski definition) is 3. The molecule has 0 spiro atoms. The summed E-state index contributed by atoms with van der Waals surface area (Å²) in [7, 11) is -3.68. The molecule has 1 N–H and O–H groups in total. The van der Waals surface area contributed by atoms with Crippen LogP contribution in [0.3, 0.4) is 0 Å². The molecule has 5 nitrogen and oxygen atoms in total. The van der Waals surface area contributed by atoms with E-state index in [1.54, 1.807) is 0 Å². The van der Waals surface area contributed by atoms with Gasteiger partial charge in [0.05, 0.1) is 15.5 Å². The Morgan fingerprint density at radius 3 is 2.29 bits per heavy atom. The largest absolute Gasteiger partial charge is 0.478 e. The first-order valence-electron chi connectivity index (χ1n) is 6.88. The number of benzene rings is 1. The minimum Gasteiger partial charge on any atom is -0.478 e. The summed E-state index contributed by atoms with van der Waals surface area (Å²) in [5.41, 5.74) is 0.0480.